The number of fused-ring (bicyclic) bond motifs is 1. The zero-order valence-corrected chi connectivity index (χ0v) is 13.8. The Kier molecular flexibility index (Phi) is 3.87. The second-order valence-electron chi connectivity index (χ2n) is 6.39. The van der Waals surface area contributed by atoms with Crippen molar-refractivity contribution in [3.63, 3.8) is 0 Å². The van der Waals surface area contributed by atoms with Crippen LogP contribution >= 0.6 is 0 Å². The Morgan fingerprint density at radius 2 is 2.08 bits per heavy atom. The summed E-state index contributed by atoms with van der Waals surface area (Å²) in [5, 5.41) is 26.8. The largest absolute Gasteiger partial charge is 0.298 e. The molecule has 25 heavy (non-hydrogen) atoms. The molecule has 0 spiro atoms. The highest BCUT2D eigenvalue weighted by Crippen LogP contribution is 2.16. The van der Waals surface area contributed by atoms with Gasteiger partial charge < -0.3 is 0 Å². The van der Waals surface area contributed by atoms with Gasteiger partial charge in [-0.3, -0.25) is 14.9 Å². The number of nitro benzene ring substituents is 1. The maximum atomic E-state index is 12.7. The molecule has 128 valence electrons. The van der Waals surface area contributed by atoms with Crippen LogP contribution in [0.5, 0.6) is 0 Å². The summed E-state index contributed by atoms with van der Waals surface area (Å²) >= 11 is 0. The molecule has 1 aromatic carbocycles. The minimum atomic E-state index is -0.502. The first kappa shape index (κ1) is 16.4. The van der Waals surface area contributed by atoms with E-state index in [2.05, 4.69) is 20.4 Å². The number of hydrogen-bond donors (Lipinski definition) is 0. The van der Waals surface area contributed by atoms with E-state index in [0.717, 1.165) is 4.68 Å². The number of nitro groups is 1. The van der Waals surface area contributed by atoms with Crippen LogP contribution in [0.25, 0.3) is 5.78 Å². The standard InChI is InChI=1S/C15H15N7O3/c1-15(2,3)12-13(23)21(14-18-16-9-20(14)19-12)17-8-10-5-4-6-11(7-10)22(24)25/h4-9H,1-3H3. The van der Waals surface area contributed by atoms with E-state index in [-0.39, 0.29) is 11.5 Å². The molecule has 3 rings (SSSR count). The number of aromatic nitrogens is 5. The van der Waals surface area contributed by atoms with Gasteiger partial charge in [0.05, 0.1) is 11.1 Å². The number of non-ortho nitro benzene ring substituents is 1. The Balaban J connectivity index is 2.14. The van der Waals surface area contributed by atoms with E-state index in [1.165, 1.54) is 29.2 Å². The summed E-state index contributed by atoms with van der Waals surface area (Å²) in [5.41, 5.74) is -0.203. The summed E-state index contributed by atoms with van der Waals surface area (Å²) in [6.07, 6.45) is 2.74. The third-order valence-electron chi connectivity index (χ3n) is 3.42. The molecule has 10 nitrogen and oxygen atoms in total. The van der Waals surface area contributed by atoms with E-state index < -0.39 is 15.9 Å². The molecule has 0 radical (unpaired) electrons. The number of benzene rings is 1. The van der Waals surface area contributed by atoms with Gasteiger partial charge in [0.25, 0.3) is 17.0 Å². The molecule has 2 heterocycles. The van der Waals surface area contributed by atoms with Crippen LogP contribution in [0.4, 0.5) is 5.69 Å². The van der Waals surface area contributed by atoms with E-state index in [4.69, 9.17) is 0 Å². The summed E-state index contributed by atoms with van der Waals surface area (Å²) in [6.45, 7) is 5.59. The summed E-state index contributed by atoms with van der Waals surface area (Å²) in [5.74, 6) is 0.152. The van der Waals surface area contributed by atoms with Gasteiger partial charge in [-0.1, -0.05) is 32.9 Å². The van der Waals surface area contributed by atoms with Crippen LogP contribution in [0.2, 0.25) is 0 Å². The number of rotatable bonds is 3. The number of nitrogens with zero attached hydrogens (tertiary/aromatic N) is 7. The van der Waals surface area contributed by atoms with Crippen molar-refractivity contribution in [1.29, 1.82) is 0 Å². The molecule has 0 aliphatic carbocycles. The average Bonchev–Trinajstić information content (AvgIpc) is 3.01. The summed E-state index contributed by atoms with van der Waals surface area (Å²) in [7, 11) is 0. The van der Waals surface area contributed by atoms with Crippen molar-refractivity contribution in [2.75, 3.05) is 0 Å². The fourth-order valence-electron chi connectivity index (χ4n) is 2.19. The second-order valence-corrected chi connectivity index (χ2v) is 6.39. The van der Waals surface area contributed by atoms with E-state index in [0.29, 0.717) is 11.3 Å². The molecule has 0 fully saturated rings. The molecule has 0 aliphatic heterocycles. The summed E-state index contributed by atoms with van der Waals surface area (Å²) in [6, 6.07) is 5.93. The third-order valence-corrected chi connectivity index (χ3v) is 3.42. The molecule has 0 saturated carbocycles. The highest BCUT2D eigenvalue weighted by molar-refractivity contribution is 5.80. The molecule has 3 aromatic rings. The predicted octanol–water partition coefficient (Wildman–Crippen LogP) is 1.37. The molecule has 0 bridgehead atoms. The molecular weight excluding hydrogens is 326 g/mol. The van der Waals surface area contributed by atoms with Gasteiger partial charge in [0.1, 0.15) is 12.0 Å². The molecule has 10 heteroatoms. The Morgan fingerprint density at radius 1 is 1.32 bits per heavy atom. The van der Waals surface area contributed by atoms with Crippen molar-refractivity contribution in [2.45, 2.75) is 26.2 Å². The van der Waals surface area contributed by atoms with Crippen LogP contribution in [-0.4, -0.2) is 35.6 Å². The first-order chi connectivity index (χ1) is 11.8. The lowest BCUT2D eigenvalue weighted by molar-refractivity contribution is -0.384. The van der Waals surface area contributed by atoms with Gasteiger partial charge >= 0.3 is 0 Å². The Morgan fingerprint density at radius 3 is 2.76 bits per heavy atom. The van der Waals surface area contributed by atoms with E-state index >= 15 is 0 Å². The molecule has 0 saturated heterocycles. The topological polar surface area (TPSA) is 121 Å². The van der Waals surface area contributed by atoms with E-state index in [1.54, 1.807) is 12.1 Å². The zero-order valence-electron chi connectivity index (χ0n) is 13.8. The smallest absolute Gasteiger partial charge is 0.265 e. The van der Waals surface area contributed by atoms with Crippen LogP contribution in [-0.2, 0) is 5.41 Å². The van der Waals surface area contributed by atoms with E-state index in [9.17, 15) is 14.9 Å². The first-order valence-corrected chi connectivity index (χ1v) is 7.40. The lowest BCUT2D eigenvalue weighted by atomic mass is 9.93. The van der Waals surface area contributed by atoms with Crippen molar-refractivity contribution in [2.24, 2.45) is 5.10 Å². The highest BCUT2D eigenvalue weighted by atomic mass is 16.6. The lowest BCUT2D eigenvalue weighted by Gasteiger charge is -2.16. The van der Waals surface area contributed by atoms with Gasteiger partial charge in [0.2, 0.25) is 0 Å². The first-order valence-electron chi connectivity index (χ1n) is 7.40. The van der Waals surface area contributed by atoms with Gasteiger partial charge in [-0.25, -0.2) is 0 Å². The zero-order chi connectivity index (χ0) is 18.2. The van der Waals surface area contributed by atoms with Gasteiger partial charge in [-0.05, 0) is 0 Å². The van der Waals surface area contributed by atoms with Gasteiger partial charge in [0.15, 0.2) is 0 Å². The average molecular weight is 341 g/mol. The van der Waals surface area contributed by atoms with Crippen molar-refractivity contribution in [3.05, 3.63) is 62.3 Å². The summed E-state index contributed by atoms with van der Waals surface area (Å²) in [4.78, 5) is 23.1. The molecule has 0 amide bonds. The van der Waals surface area contributed by atoms with Crippen LogP contribution in [0.3, 0.4) is 0 Å². The van der Waals surface area contributed by atoms with Crippen molar-refractivity contribution < 1.29 is 4.92 Å². The lowest BCUT2D eigenvalue weighted by Crippen LogP contribution is -2.33. The monoisotopic (exact) mass is 341 g/mol. The molecule has 0 aliphatic rings. The second kappa shape index (κ2) is 5.89. The molecule has 0 N–H and O–H groups in total. The summed E-state index contributed by atoms with van der Waals surface area (Å²) < 4.78 is 2.45. The van der Waals surface area contributed by atoms with Crippen molar-refractivity contribution in [1.82, 2.24) is 24.5 Å². The van der Waals surface area contributed by atoms with Gasteiger partial charge in [0, 0.05) is 23.1 Å². The molecule has 0 atom stereocenters. The predicted molar refractivity (Wildman–Crippen MR) is 89.8 cm³/mol. The van der Waals surface area contributed by atoms with E-state index in [1.807, 2.05) is 20.8 Å². The SMILES string of the molecule is CC(C)(C)c1nn2cnnc2n(N=Cc2cccc([N+](=O)[O-])c2)c1=O. The Bertz CT molecular complexity index is 1040. The normalized spacial score (nSPS) is 12.1. The fraction of sp³-hybridized carbons (Fsp3) is 0.267. The maximum absolute atomic E-state index is 12.7. The van der Waals surface area contributed by atoms with Gasteiger partial charge in [-0.2, -0.15) is 19.4 Å². The fourth-order valence-corrected chi connectivity index (χ4v) is 2.19. The molecular formula is C15H15N7O3. The van der Waals surface area contributed by atoms with Crippen molar-refractivity contribution >= 4 is 17.7 Å². The quantitative estimate of drug-likeness (QED) is 0.403. The minimum absolute atomic E-state index is 0.0611. The van der Waals surface area contributed by atoms with Crippen LogP contribution in [0.1, 0.15) is 32.0 Å². The maximum Gasteiger partial charge on any atom is 0.298 e. The van der Waals surface area contributed by atoms with Gasteiger partial charge in [-0.15, -0.1) is 10.2 Å². The third kappa shape index (κ3) is 3.13. The molecule has 2 aromatic heterocycles. The number of hydrogen-bond acceptors (Lipinski definition) is 7. The van der Waals surface area contributed by atoms with Crippen LogP contribution < -0.4 is 5.56 Å². The Hall–Kier alpha value is -3.43. The Labute approximate surface area is 141 Å². The van der Waals surface area contributed by atoms with Crippen molar-refractivity contribution in [3.8, 4) is 0 Å². The minimum Gasteiger partial charge on any atom is -0.265 e. The van der Waals surface area contributed by atoms with Crippen LogP contribution in [0.15, 0.2) is 40.5 Å². The van der Waals surface area contributed by atoms with Crippen LogP contribution in [0, 0.1) is 10.1 Å². The highest BCUT2D eigenvalue weighted by Gasteiger charge is 2.23. The molecule has 0 unspecified atom stereocenters.